The number of likely N-dealkylation sites (N-methyl/N-ethyl adjacent to an activating group) is 1. The summed E-state index contributed by atoms with van der Waals surface area (Å²) in [5, 5.41) is 11.3. The first-order chi connectivity index (χ1) is 16.5. The van der Waals surface area contributed by atoms with Gasteiger partial charge in [-0.3, -0.25) is 0 Å². The van der Waals surface area contributed by atoms with Crippen molar-refractivity contribution in [2.45, 2.75) is 37.1 Å². The number of ether oxygens (including phenoxy) is 3. The van der Waals surface area contributed by atoms with Gasteiger partial charge >= 0.3 is 0 Å². The molecule has 1 fully saturated rings. The summed E-state index contributed by atoms with van der Waals surface area (Å²) >= 11 is 0. The lowest BCUT2D eigenvalue weighted by molar-refractivity contribution is 0.0215. The molecule has 3 atom stereocenters. The van der Waals surface area contributed by atoms with Crippen LogP contribution in [0, 0.1) is 5.92 Å². The van der Waals surface area contributed by atoms with Crippen molar-refractivity contribution < 1.29 is 19.3 Å². The average molecular weight is 462 g/mol. The van der Waals surface area contributed by atoms with E-state index in [0.717, 1.165) is 54.9 Å². The topological polar surface area (TPSA) is 79.8 Å². The molecule has 34 heavy (non-hydrogen) atoms. The normalized spacial score (nSPS) is 25.2. The number of likely N-dealkylation sites (tertiary alicyclic amines) is 1. The molecule has 178 valence electrons. The molecule has 3 aromatic rings. The van der Waals surface area contributed by atoms with Gasteiger partial charge in [0.2, 0.25) is 0 Å². The molecule has 0 amide bonds. The van der Waals surface area contributed by atoms with Gasteiger partial charge in [-0.05, 0) is 75.0 Å². The van der Waals surface area contributed by atoms with E-state index < -0.39 is 0 Å². The number of H-pyrrole nitrogens is 1. The van der Waals surface area contributed by atoms with Gasteiger partial charge in [0.25, 0.3) is 0 Å². The second-order valence-electron chi connectivity index (χ2n) is 9.88. The van der Waals surface area contributed by atoms with E-state index in [1.807, 2.05) is 24.3 Å². The van der Waals surface area contributed by atoms with Gasteiger partial charge in [-0.2, -0.15) is 0 Å². The number of imidazole rings is 1. The molecule has 7 heteroatoms. The molecule has 0 radical (unpaired) electrons. The third-order valence-electron chi connectivity index (χ3n) is 8.45. The lowest BCUT2D eigenvalue weighted by Gasteiger charge is -2.57. The number of benzene rings is 2. The zero-order valence-electron chi connectivity index (χ0n) is 20.1. The molecular formula is C27H31N3O4. The minimum absolute atomic E-state index is 0.127. The molecule has 0 unspecified atom stereocenters. The average Bonchev–Trinajstić information content (AvgIpc) is 3.27. The lowest BCUT2D eigenvalue weighted by atomic mass is 9.52. The van der Waals surface area contributed by atoms with E-state index in [1.165, 1.54) is 11.3 Å². The number of nitrogens with one attached hydrogen (secondary N) is 1. The van der Waals surface area contributed by atoms with E-state index in [2.05, 4.69) is 23.0 Å². The van der Waals surface area contributed by atoms with Gasteiger partial charge in [-0.25, -0.2) is 4.98 Å². The number of aromatic amines is 1. The van der Waals surface area contributed by atoms with E-state index in [4.69, 9.17) is 19.2 Å². The molecule has 6 rings (SSSR count). The van der Waals surface area contributed by atoms with Crippen molar-refractivity contribution in [1.29, 1.82) is 0 Å². The van der Waals surface area contributed by atoms with Gasteiger partial charge in [0.1, 0.15) is 5.82 Å². The Labute approximate surface area is 199 Å². The summed E-state index contributed by atoms with van der Waals surface area (Å²) in [5.74, 6) is 3.50. The maximum absolute atomic E-state index is 11.3. The van der Waals surface area contributed by atoms with Crippen molar-refractivity contribution in [3.05, 3.63) is 52.8 Å². The van der Waals surface area contributed by atoms with Gasteiger partial charge in [0, 0.05) is 28.3 Å². The molecule has 1 saturated heterocycles. The molecule has 2 heterocycles. The summed E-state index contributed by atoms with van der Waals surface area (Å²) in [6.45, 7) is 1.02. The first-order valence-corrected chi connectivity index (χ1v) is 11.9. The molecule has 1 aliphatic heterocycles. The van der Waals surface area contributed by atoms with E-state index >= 15 is 0 Å². The van der Waals surface area contributed by atoms with E-state index in [0.29, 0.717) is 35.0 Å². The van der Waals surface area contributed by atoms with Crippen LogP contribution >= 0.6 is 0 Å². The minimum atomic E-state index is -0.127. The fourth-order valence-corrected chi connectivity index (χ4v) is 6.78. The number of methoxy groups -OCH3 is 3. The van der Waals surface area contributed by atoms with Crippen molar-refractivity contribution >= 4 is 0 Å². The van der Waals surface area contributed by atoms with Crippen molar-refractivity contribution in [2.75, 3.05) is 34.9 Å². The predicted molar refractivity (Wildman–Crippen MR) is 129 cm³/mol. The van der Waals surface area contributed by atoms with Gasteiger partial charge < -0.3 is 29.2 Å². The fourth-order valence-electron chi connectivity index (χ4n) is 6.78. The molecule has 3 aliphatic rings. The smallest absolute Gasteiger partial charge is 0.161 e. The summed E-state index contributed by atoms with van der Waals surface area (Å²) in [5.41, 5.74) is 5.48. The van der Waals surface area contributed by atoms with Gasteiger partial charge in [0.05, 0.1) is 27.0 Å². The second kappa shape index (κ2) is 7.67. The third kappa shape index (κ3) is 2.89. The van der Waals surface area contributed by atoms with Gasteiger partial charge in [-0.15, -0.1) is 0 Å². The quantitative estimate of drug-likeness (QED) is 0.617. The van der Waals surface area contributed by atoms with Crippen LogP contribution in [0.1, 0.15) is 28.9 Å². The highest BCUT2D eigenvalue weighted by Crippen LogP contribution is 2.57. The SMILES string of the molecule is COc1ccc(-c2nc3c([nH]2)C[C@@]24CCN(C)[C@@H](Cc5ccc(OC)c(O)c52)[C@H]4C3)cc1OC. The number of aromatic nitrogens is 2. The van der Waals surface area contributed by atoms with Crippen LogP contribution in [0.5, 0.6) is 23.0 Å². The van der Waals surface area contributed by atoms with E-state index in [-0.39, 0.29) is 5.41 Å². The molecule has 2 N–H and O–H groups in total. The standard InChI is InChI=1S/C27H31N3O4/c1-30-10-9-27-14-19-18(28-26(29-19)16-6-7-21(32-2)23(12-16)34-4)13-17(27)20(30)11-15-5-8-22(33-3)25(31)24(15)27/h5-8,12,17,20,31H,9-11,13-14H2,1-4H3,(H,28,29)/t17-,20+,27-/m1/s1. The van der Waals surface area contributed by atoms with Crippen molar-refractivity contribution in [3.8, 4) is 34.4 Å². The van der Waals surface area contributed by atoms with Crippen LogP contribution in [-0.4, -0.2) is 60.9 Å². The number of hydrogen-bond acceptors (Lipinski definition) is 6. The fraction of sp³-hybridized carbons (Fsp3) is 0.444. The molecule has 1 aromatic heterocycles. The third-order valence-corrected chi connectivity index (χ3v) is 8.45. The van der Waals surface area contributed by atoms with Gasteiger partial charge in [0.15, 0.2) is 23.0 Å². The second-order valence-corrected chi connectivity index (χ2v) is 9.88. The summed E-state index contributed by atoms with van der Waals surface area (Å²) in [4.78, 5) is 11.2. The zero-order valence-corrected chi connectivity index (χ0v) is 20.1. The number of piperidine rings is 1. The first kappa shape index (κ1) is 21.4. The molecule has 2 aliphatic carbocycles. The van der Waals surface area contributed by atoms with E-state index in [9.17, 15) is 5.11 Å². The van der Waals surface area contributed by atoms with Crippen molar-refractivity contribution in [2.24, 2.45) is 5.92 Å². The van der Waals surface area contributed by atoms with Crippen LogP contribution in [0.15, 0.2) is 30.3 Å². The number of nitrogens with zero attached hydrogens (tertiary/aromatic N) is 2. The highest BCUT2D eigenvalue weighted by Gasteiger charge is 2.56. The maximum atomic E-state index is 11.3. The first-order valence-electron chi connectivity index (χ1n) is 11.9. The number of phenols is 1. The van der Waals surface area contributed by atoms with Gasteiger partial charge in [-0.1, -0.05) is 6.07 Å². The Kier molecular flexibility index (Phi) is 4.81. The number of phenolic OH excluding ortho intramolecular Hbond substituents is 1. The van der Waals surface area contributed by atoms with Crippen LogP contribution in [0.25, 0.3) is 11.4 Å². The highest BCUT2D eigenvalue weighted by molar-refractivity contribution is 5.63. The number of hydrogen-bond donors (Lipinski definition) is 2. The Hall–Kier alpha value is -3.19. The summed E-state index contributed by atoms with van der Waals surface area (Å²) in [6.07, 6.45) is 3.68. The Bertz CT molecular complexity index is 1270. The minimum Gasteiger partial charge on any atom is -0.504 e. The molecule has 0 spiro atoms. The number of aromatic hydroxyl groups is 1. The molecule has 2 aromatic carbocycles. The lowest BCUT2D eigenvalue weighted by Crippen LogP contribution is -2.61. The Balaban J connectivity index is 1.47. The maximum Gasteiger partial charge on any atom is 0.161 e. The van der Waals surface area contributed by atoms with Crippen LogP contribution < -0.4 is 14.2 Å². The summed E-state index contributed by atoms with van der Waals surface area (Å²) in [6, 6.07) is 10.4. The number of rotatable bonds is 4. The molecular weight excluding hydrogens is 430 g/mol. The molecule has 0 saturated carbocycles. The molecule has 2 bridgehead atoms. The number of fused-ring (bicyclic) bond motifs is 2. The Morgan fingerprint density at radius 3 is 2.56 bits per heavy atom. The molecule has 7 nitrogen and oxygen atoms in total. The van der Waals surface area contributed by atoms with Crippen molar-refractivity contribution in [1.82, 2.24) is 14.9 Å². The van der Waals surface area contributed by atoms with Crippen molar-refractivity contribution in [3.63, 3.8) is 0 Å². The van der Waals surface area contributed by atoms with E-state index in [1.54, 1.807) is 21.3 Å². The summed E-state index contributed by atoms with van der Waals surface area (Å²) < 4.78 is 16.4. The monoisotopic (exact) mass is 461 g/mol. The highest BCUT2D eigenvalue weighted by atomic mass is 16.5. The zero-order chi connectivity index (χ0) is 23.6. The van der Waals surface area contributed by atoms with Crippen LogP contribution in [0.2, 0.25) is 0 Å². The van der Waals surface area contributed by atoms with Crippen LogP contribution in [-0.2, 0) is 24.7 Å². The van der Waals surface area contributed by atoms with Crippen LogP contribution in [0.3, 0.4) is 0 Å². The predicted octanol–water partition coefficient (Wildman–Crippen LogP) is 3.72. The largest absolute Gasteiger partial charge is 0.504 e. The summed E-state index contributed by atoms with van der Waals surface area (Å²) in [7, 11) is 7.15. The Morgan fingerprint density at radius 1 is 1.03 bits per heavy atom. The Morgan fingerprint density at radius 2 is 1.79 bits per heavy atom. The van der Waals surface area contributed by atoms with Crippen LogP contribution in [0.4, 0.5) is 0 Å².